The van der Waals surface area contributed by atoms with Crippen molar-refractivity contribution in [2.24, 2.45) is 0 Å². The number of nitrogens with zero attached hydrogens (tertiary/aromatic N) is 1. The summed E-state index contributed by atoms with van der Waals surface area (Å²) in [5, 5.41) is 11.1. The molecule has 262 valence electrons. The van der Waals surface area contributed by atoms with E-state index in [0.29, 0.717) is 0 Å². The minimum absolute atomic E-state index is 0.783. The lowest BCUT2D eigenvalue weighted by Gasteiger charge is -2.25. The third-order valence-electron chi connectivity index (χ3n) is 11.3. The summed E-state index contributed by atoms with van der Waals surface area (Å²) >= 11 is 0. The molecule has 0 unspecified atom stereocenters. The predicted octanol–water partition coefficient (Wildman–Crippen LogP) is 15.5. The van der Waals surface area contributed by atoms with Crippen LogP contribution in [0.5, 0.6) is 0 Å². The van der Waals surface area contributed by atoms with Crippen LogP contribution in [0.1, 0.15) is 0 Å². The van der Waals surface area contributed by atoms with Crippen LogP contribution in [0, 0.1) is 0 Å². The summed E-state index contributed by atoms with van der Waals surface area (Å²) in [6.45, 7) is 0. The van der Waals surface area contributed by atoms with Gasteiger partial charge in [-0.2, -0.15) is 0 Å². The largest absolute Gasteiger partial charge is 0.439 e. The molecule has 1 heterocycles. The van der Waals surface area contributed by atoms with Crippen LogP contribution in [0.25, 0.3) is 87.4 Å². The zero-order valence-corrected chi connectivity index (χ0v) is 30.6. The van der Waals surface area contributed by atoms with Crippen molar-refractivity contribution >= 4 is 71.3 Å². The topological polar surface area (TPSA) is 16.4 Å². The molecule has 1 aromatic heterocycles. The van der Waals surface area contributed by atoms with Gasteiger partial charge in [0.25, 0.3) is 0 Å². The molecule has 56 heavy (non-hydrogen) atoms. The van der Waals surface area contributed by atoms with Gasteiger partial charge < -0.3 is 4.42 Å². The molecular weight excluding hydrogens is 679 g/mol. The van der Waals surface area contributed by atoms with Crippen LogP contribution in [0.15, 0.2) is 217 Å². The highest BCUT2D eigenvalue weighted by molar-refractivity contribution is 6.15. The summed E-state index contributed by atoms with van der Waals surface area (Å²) in [6, 6.07) is 76.3. The monoisotopic (exact) mass is 713 g/mol. The van der Waals surface area contributed by atoms with Gasteiger partial charge in [0.1, 0.15) is 5.58 Å². The Morgan fingerprint density at radius 3 is 1.23 bits per heavy atom. The summed E-state index contributed by atoms with van der Waals surface area (Å²) in [5.41, 5.74) is 9.83. The van der Waals surface area contributed by atoms with Crippen molar-refractivity contribution in [1.82, 2.24) is 0 Å². The summed E-state index contributed by atoms with van der Waals surface area (Å²) in [5.74, 6) is 0.783. The molecule has 0 atom stereocenters. The van der Waals surface area contributed by atoms with Gasteiger partial charge in [0, 0.05) is 16.8 Å². The number of rotatable bonds is 6. The Bertz CT molecular complexity index is 3070. The second kappa shape index (κ2) is 13.2. The standard InChI is InChI=1S/C54H35NO/c1-2-14-38(15-3-1)53-49-24-12-13-25-52(49)56-54(53)55(41-30-26-36(27-31-41)50-34-39-16-4-6-18-43(39)45-20-8-10-22-47(45)50)42-32-28-37(29-33-42)51-35-40-17-5-7-19-44(40)46-21-9-11-23-48(46)51/h1-35H. The summed E-state index contributed by atoms with van der Waals surface area (Å²) in [7, 11) is 0. The first-order valence-electron chi connectivity index (χ1n) is 19.2. The second-order valence-corrected chi connectivity index (χ2v) is 14.5. The molecule has 0 aliphatic heterocycles. The molecule has 0 N–H and O–H groups in total. The van der Waals surface area contributed by atoms with Crippen LogP contribution in [-0.2, 0) is 0 Å². The van der Waals surface area contributed by atoms with E-state index in [0.717, 1.165) is 39.4 Å². The molecule has 2 heteroatoms. The molecule has 0 saturated heterocycles. The highest BCUT2D eigenvalue weighted by Gasteiger charge is 2.25. The van der Waals surface area contributed by atoms with Gasteiger partial charge in [0.2, 0.25) is 5.88 Å². The van der Waals surface area contributed by atoms with Gasteiger partial charge >= 0.3 is 0 Å². The SMILES string of the molecule is c1ccc(-c2c(N(c3ccc(-c4cc5ccccc5c5ccccc45)cc3)c3ccc(-c4cc5ccccc5c5ccccc45)cc3)oc3ccccc23)cc1. The van der Waals surface area contributed by atoms with Gasteiger partial charge in [-0.15, -0.1) is 0 Å². The molecule has 2 nitrogen and oxygen atoms in total. The Hall–Kier alpha value is -7.42. The van der Waals surface area contributed by atoms with Crippen molar-refractivity contribution in [3.63, 3.8) is 0 Å². The van der Waals surface area contributed by atoms with Gasteiger partial charge in [-0.3, -0.25) is 4.90 Å². The van der Waals surface area contributed by atoms with Crippen LogP contribution < -0.4 is 4.90 Å². The van der Waals surface area contributed by atoms with E-state index in [1.54, 1.807) is 0 Å². The van der Waals surface area contributed by atoms with Crippen molar-refractivity contribution in [2.75, 3.05) is 4.90 Å². The van der Waals surface area contributed by atoms with E-state index in [4.69, 9.17) is 4.42 Å². The van der Waals surface area contributed by atoms with E-state index < -0.39 is 0 Å². The zero-order chi connectivity index (χ0) is 37.0. The van der Waals surface area contributed by atoms with Gasteiger partial charge in [-0.05, 0) is 113 Å². The van der Waals surface area contributed by atoms with Crippen molar-refractivity contribution in [1.29, 1.82) is 0 Å². The quantitative estimate of drug-likeness (QED) is 0.160. The first-order valence-corrected chi connectivity index (χ1v) is 19.2. The molecule has 0 fully saturated rings. The smallest absolute Gasteiger partial charge is 0.213 e. The number of furan rings is 1. The molecule has 11 rings (SSSR count). The molecule has 0 bridgehead atoms. The molecule has 0 saturated carbocycles. The fourth-order valence-corrected chi connectivity index (χ4v) is 8.62. The number of hydrogen-bond donors (Lipinski definition) is 0. The number of fused-ring (bicyclic) bond motifs is 7. The third-order valence-corrected chi connectivity index (χ3v) is 11.3. The van der Waals surface area contributed by atoms with E-state index in [1.807, 2.05) is 6.07 Å². The Kier molecular flexibility index (Phi) is 7.53. The number of para-hydroxylation sites is 1. The predicted molar refractivity (Wildman–Crippen MR) is 237 cm³/mol. The molecule has 0 aliphatic rings. The Labute approximate surface area is 325 Å². The molecule has 11 aromatic rings. The average molecular weight is 714 g/mol. The van der Waals surface area contributed by atoms with E-state index >= 15 is 0 Å². The van der Waals surface area contributed by atoms with Gasteiger partial charge in [0.15, 0.2) is 0 Å². The van der Waals surface area contributed by atoms with Gasteiger partial charge in [0.05, 0.1) is 5.56 Å². The molecule has 10 aromatic carbocycles. The Morgan fingerprint density at radius 1 is 0.304 bits per heavy atom. The number of hydrogen-bond acceptors (Lipinski definition) is 2. The third kappa shape index (κ3) is 5.26. The Balaban J connectivity index is 1.09. The lowest BCUT2D eigenvalue weighted by molar-refractivity contribution is 0.622. The van der Waals surface area contributed by atoms with Crippen LogP contribution in [0.4, 0.5) is 17.3 Å². The molecule has 0 radical (unpaired) electrons. The van der Waals surface area contributed by atoms with Crippen LogP contribution in [-0.4, -0.2) is 0 Å². The Morgan fingerprint density at radius 2 is 0.714 bits per heavy atom. The average Bonchev–Trinajstić information content (AvgIpc) is 3.66. The minimum atomic E-state index is 0.783. The highest BCUT2D eigenvalue weighted by Crippen LogP contribution is 2.47. The van der Waals surface area contributed by atoms with Crippen molar-refractivity contribution in [3.8, 4) is 33.4 Å². The van der Waals surface area contributed by atoms with Crippen molar-refractivity contribution in [2.45, 2.75) is 0 Å². The van der Waals surface area contributed by atoms with Gasteiger partial charge in [-0.25, -0.2) is 0 Å². The maximum Gasteiger partial charge on any atom is 0.213 e. The fourth-order valence-electron chi connectivity index (χ4n) is 8.62. The van der Waals surface area contributed by atoms with Crippen LogP contribution in [0.3, 0.4) is 0 Å². The summed E-state index contributed by atoms with van der Waals surface area (Å²) in [4.78, 5) is 2.27. The maximum absolute atomic E-state index is 6.89. The van der Waals surface area contributed by atoms with Crippen molar-refractivity contribution in [3.05, 3.63) is 212 Å². The number of anilines is 3. The highest BCUT2D eigenvalue weighted by atomic mass is 16.4. The molecular formula is C54H35NO. The molecule has 0 aliphatic carbocycles. The van der Waals surface area contributed by atoms with E-state index in [2.05, 4.69) is 211 Å². The second-order valence-electron chi connectivity index (χ2n) is 14.5. The number of benzene rings is 10. The van der Waals surface area contributed by atoms with Crippen molar-refractivity contribution < 1.29 is 4.42 Å². The first kappa shape index (κ1) is 32.0. The van der Waals surface area contributed by atoms with Crippen LogP contribution >= 0.6 is 0 Å². The fraction of sp³-hybridized carbons (Fsp3) is 0. The van der Waals surface area contributed by atoms with Gasteiger partial charge in [-0.1, -0.05) is 170 Å². The minimum Gasteiger partial charge on any atom is -0.439 e. The van der Waals surface area contributed by atoms with E-state index in [-0.39, 0.29) is 0 Å². The molecule has 0 spiro atoms. The van der Waals surface area contributed by atoms with E-state index in [9.17, 15) is 0 Å². The lowest BCUT2D eigenvalue weighted by atomic mass is 9.93. The van der Waals surface area contributed by atoms with Crippen LogP contribution in [0.2, 0.25) is 0 Å². The maximum atomic E-state index is 6.89. The summed E-state index contributed by atoms with van der Waals surface area (Å²) < 4.78 is 6.89. The zero-order valence-electron chi connectivity index (χ0n) is 30.6. The summed E-state index contributed by atoms with van der Waals surface area (Å²) in [6.07, 6.45) is 0. The first-order chi connectivity index (χ1) is 27.8. The molecule has 0 amide bonds. The lowest BCUT2D eigenvalue weighted by Crippen LogP contribution is -2.10. The normalized spacial score (nSPS) is 11.6. The van der Waals surface area contributed by atoms with E-state index in [1.165, 1.54) is 65.3 Å².